The van der Waals surface area contributed by atoms with Crippen LogP contribution in [-0.4, -0.2) is 21.4 Å². The number of hydrogen-bond acceptors (Lipinski definition) is 4. The first-order valence-corrected chi connectivity index (χ1v) is 6.88. The molecular weight excluding hydrogens is 240 g/mol. The molecule has 0 atom stereocenters. The van der Waals surface area contributed by atoms with Gasteiger partial charge in [-0.15, -0.1) is 0 Å². The van der Waals surface area contributed by atoms with Crippen molar-refractivity contribution in [2.45, 2.75) is 43.6 Å². The van der Waals surface area contributed by atoms with Crippen molar-refractivity contribution in [3.05, 3.63) is 47.1 Å². The van der Waals surface area contributed by atoms with Gasteiger partial charge in [0.2, 0.25) is 5.89 Å². The first-order chi connectivity index (χ1) is 9.29. The minimum absolute atomic E-state index is 0.184. The van der Waals surface area contributed by atoms with Crippen LogP contribution in [0.4, 0.5) is 0 Å². The van der Waals surface area contributed by atoms with Gasteiger partial charge in [0.25, 0.3) is 0 Å². The van der Waals surface area contributed by atoms with E-state index in [9.17, 15) is 5.11 Å². The van der Waals surface area contributed by atoms with E-state index in [2.05, 4.69) is 34.4 Å². The average Bonchev–Trinajstić information content (AvgIpc) is 3.01. The van der Waals surface area contributed by atoms with Crippen LogP contribution in [0.25, 0.3) is 0 Å². The summed E-state index contributed by atoms with van der Waals surface area (Å²) in [5, 5.41) is 13.5. The molecule has 0 unspecified atom stereocenters. The Bertz CT molecular complexity index is 577. The fourth-order valence-corrected chi connectivity index (χ4v) is 3.11. The largest absolute Gasteiger partial charge is 0.393 e. The van der Waals surface area contributed by atoms with Gasteiger partial charge in [-0.1, -0.05) is 29.4 Å². The second-order valence-corrected chi connectivity index (χ2v) is 5.69. The smallest absolute Gasteiger partial charge is 0.229 e. The van der Waals surface area contributed by atoms with E-state index in [1.165, 1.54) is 11.1 Å². The van der Waals surface area contributed by atoms with Crippen LogP contribution < -0.4 is 0 Å². The number of aromatic nitrogens is 2. The predicted octanol–water partition coefficient (Wildman–Crippen LogP) is 2.19. The van der Waals surface area contributed by atoms with Gasteiger partial charge >= 0.3 is 0 Å². The molecule has 1 N–H and O–H groups in total. The van der Waals surface area contributed by atoms with Crippen LogP contribution >= 0.6 is 0 Å². The van der Waals surface area contributed by atoms with Gasteiger partial charge in [0.15, 0.2) is 5.82 Å². The summed E-state index contributed by atoms with van der Waals surface area (Å²) >= 11 is 0. The third kappa shape index (κ3) is 1.87. The van der Waals surface area contributed by atoms with Gasteiger partial charge in [0, 0.05) is 11.8 Å². The van der Waals surface area contributed by atoms with Gasteiger partial charge in [0.05, 0.1) is 6.10 Å². The highest BCUT2D eigenvalue weighted by Gasteiger charge is 2.34. The molecule has 4 heteroatoms. The van der Waals surface area contributed by atoms with Crippen molar-refractivity contribution in [3.8, 4) is 0 Å². The van der Waals surface area contributed by atoms with Crippen molar-refractivity contribution >= 4 is 0 Å². The molecule has 0 bridgehead atoms. The van der Waals surface area contributed by atoms with Crippen LogP contribution in [0.15, 0.2) is 28.8 Å². The highest BCUT2D eigenvalue weighted by molar-refractivity contribution is 5.34. The van der Waals surface area contributed by atoms with Crippen molar-refractivity contribution in [1.82, 2.24) is 10.1 Å². The predicted molar refractivity (Wildman–Crippen MR) is 68.9 cm³/mol. The lowest BCUT2D eigenvalue weighted by Gasteiger charge is -2.27. The Morgan fingerprint density at radius 1 is 1.05 bits per heavy atom. The Morgan fingerprint density at radius 3 is 2.37 bits per heavy atom. The SMILES string of the molecule is OC1CC(c2nc(C3Cc4ccccc4C3)no2)C1. The molecule has 1 aromatic heterocycles. The summed E-state index contributed by atoms with van der Waals surface area (Å²) in [5.41, 5.74) is 2.80. The number of benzene rings is 1. The van der Waals surface area contributed by atoms with Gasteiger partial charge in [-0.2, -0.15) is 4.98 Å². The van der Waals surface area contributed by atoms with E-state index >= 15 is 0 Å². The third-order valence-electron chi connectivity index (χ3n) is 4.34. The number of rotatable bonds is 2. The molecule has 2 aliphatic carbocycles. The molecule has 1 heterocycles. The molecule has 0 spiro atoms. The van der Waals surface area contributed by atoms with Crippen molar-refractivity contribution < 1.29 is 9.63 Å². The van der Waals surface area contributed by atoms with Crippen LogP contribution in [-0.2, 0) is 12.8 Å². The molecule has 19 heavy (non-hydrogen) atoms. The zero-order valence-corrected chi connectivity index (χ0v) is 10.6. The molecule has 1 aromatic carbocycles. The Kier molecular flexibility index (Phi) is 2.45. The second-order valence-electron chi connectivity index (χ2n) is 5.69. The van der Waals surface area contributed by atoms with Crippen LogP contribution in [0.3, 0.4) is 0 Å². The first-order valence-electron chi connectivity index (χ1n) is 6.88. The number of aliphatic hydroxyl groups is 1. The van der Waals surface area contributed by atoms with Crippen molar-refractivity contribution in [1.29, 1.82) is 0 Å². The van der Waals surface area contributed by atoms with Gasteiger partial charge in [-0.05, 0) is 36.8 Å². The highest BCUT2D eigenvalue weighted by Crippen LogP contribution is 2.37. The van der Waals surface area contributed by atoms with Crippen molar-refractivity contribution in [2.75, 3.05) is 0 Å². The van der Waals surface area contributed by atoms with E-state index in [0.717, 1.165) is 31.5 Å². The Hall–Kier alpha value is -1.68. The minimum Gasteiger partial charge on any atom is -0.393 e. The van der Waals surface area contributed by atoms with E-state index in [4.69, 9.17) is 4.52 Å². The molecule has 4 rings (SSSR count). The molecular formula is C15H16N2O2. The lowest BCUT2D eigenvalue weighted by Crippen LogP contribution is -2.26. The monoisotopic (exact) mass is 256 g/mol. The number of fused-ring (bicyclic) bond motifs is 1. The maximum Gasteiger partial charge on any atom is 0.229 e. The maximum absolute atomic E-state index is 9.33. The summed E-state index contributed by atoms with van der Waals surface area (Å²) in [6.45, 7) is 0. The van der Waals surface area contributed by atoms with Crippen LogP contribution in [0, 0.1) is 0 Å². The van der Waals surface area contributed by atoms with E-state index in [1.54, 1.807) is 0 Å². The lowest BCUT2D eigenvalue weighted by molar-refractivity contribution is 0.0625. The zero-order chi connectivity index (χ0) is 12.8. The topological polar surface area (TPSA) is 59.2 Å². The van der Waals surface area contributed by atoms with E-state index in [0.29, 0.717) is 11.8 Å². The number of nitrogens with zero attached hydrogens (tertiary/aromatic N) is 2. The summed E-state index contributed by atoms with van der Waals surface area (Å²) in [4.78, 5) is 4.54. The molecule has 1 fully saturated rings. The molecule has 1 saturated carbocycles. The van der Waals surface area contributed by atoms with Crippen LogP contribution in [0.1, 0.15) is 47.5 Å². The summed E-state index contributed by atoms with van der Waals surface area (Å²) in [6.07, 6.45) is 3.33. The molecule has 0 saturated heterocycles. The summed E-state index contributed by atoms with van der Waals surface area (Å²) in [7, 11) is 0. The first kappa shape index (κ1) is 11.2. The molecule has 98 valence electrons. The van der Waals surface area contributed by atoms with Gasteiger partial charge in [-0.25, -0.2) is 0 Å². The highest BCUT2D eigenvalue weighted by atomic mass is 16.5. The average molecular weight is 256 g/mol. The standard InChI is InChI=1S/C15H16N2O2/c18-13-7-12(8-13)15-16-14(17-19-15)11-5-9-3-1-2-4-10(9)6-11/h1-4,11-13,18H,5-8H2. The Balaban J connectivity index is 1.52. The lowest BCUT2D eigenvalue weighted by atomic mass is 9.82. The fraction of sp³-hybridized carbons (Fsp3) is 0.467. The second kappa shape index (κ2) is 4.17. The van der Waals surface area contributed by atoms with Crippen molar-refractivity contribution in [2.24, 2.45) is 0 Å². The minimum atomic E-state index is -0.184. The fourth-order valence-electron chi connectivity index (χ4n) is 3.11. The summed E-state index contributed by atoms with van der Waals surface area (Å²) in [6, 6.07) is 8.52. The van der Waals surface area contributed by atoms with Gasteiger partial charge in [0.1, 0.15) is 0 Å². The van der Waals surface area contributed by atoms with Crippen LogP contribution in [0.2, 0.25) is 0 Å². The number of aliphatic hydroxyl groups excluding tert-OH is 1. The molecule has 2 aromatic rings. The molecule has 0 amide bonds. The quantitative estimate of drug-likeness (QED) is 0.894. The van der Waals surface area contributed by atoms with Crippen molar-refractivity contribution in [3.63, 3.8) is 0 Å². The molecule has 4 nitrogen and oxygen atoms in total. The molecule has 0 radical (unpaired) electrons. The summed E-state index contributed by atoms with van der Waals surface area (Å²) < 4.78 is 5.36. The normalized spacial score (nSPS) is 26.2. The van der Waals surface area contributed by atoms with E-state index in [-0.39, 0.29) is 12.0 Å². The Labute approximate surface area is 111 Å². The number of hydrogen-bond donors (Lipinski definition) is 1. The molecule has 0 aliphatic heterocycles. The van der Waals surface area contributed by atoms with E-state index < -0.39 is 0 Å². The molecule has 2 aliphatic rings. The Morgan fingerprint density at radius 2 is 1.74 bits per heavy atom. The van der Waals surface area contributed by atoms with E-state index in [1.807, 2.05) is 0 Å². The van der Waals surface area contributed by atoms with Gasteiger partial charge < -0.3 is 9.63 Å². The van der Waals surface area contributed by atoms with Crippen LogP contribution in [0.5, 0.6) is 0 Å². The van der Waals surface area contributed by atoms with Gasteiger partial charge in [-0.3, -0.25) is 0 Å². The maximum atomic E-state index is 9.33. The zero-order valence-electron chi connectivity index (χ0n) is 10.6. The third-order valence-corrected chi connectivity index (χ3v) is 4.34. The summed E-state index contributed by atoms with van der Waals surface area (Å²) in [5.74, 6) is 2.14.